The first-order valence-electron chi connectivity index (χ1n) is 9.66. The fraction of sp³-hybridized carbons (Fsp3) is 0.348. The summed E-state index contributed by atoms with van der Waals surface area (Å²) in [6, 6.07) is 13.7. The van der Waals surface area contributed by atoms with Gasteiger partial charge in [-0.25, -0.2) is 0 Å². The summed E-state index contributed by atoms with van der Waals surface area (Å²) in [6.45, 7) is 4.31. The Labute approximate surface area is 166 Å². The van der Waals surface area contributed by atoms with Gasteiger partial charge >= 0.3 is 0 Å². The van der Waals surface area contributed by atoms with E-state index in [1.807, 2.05) is 0 Å². The number of hydrogen-bond donors (Lipinski definition) is 1. The molecule has 0 spiro atoms. The van der Waals surface area contributed by atoms with Crippen LogP contribution in [-0.4, -0.2) is 24.1 Å². The first-order valence-corrected chi connectivity index (χ1v) is 9.66. The second-order valence-electron chi connectivity index (χ2n) is 6.68. The van der Waals surface area contributed by atoms with Crippen LogP contribution >= 0.6 is 0 Å². The van der Waals surface area contributed by atoms with Crippen molar-refractivity contribution in [3.63, 3.8) is 0 Å². The molecule has 0 saturated carbocycles. The lowest BCUT2D eigenvalue weighted by Gasteiger charge is -2.07. The zero-order valence-electron chi connectivity index (χ0n) is 16.5. The molecule has 1 amide bonds. The summed E-state index contributed by atoms with van der Waals surface area (Å²) in [6.07, 6.45) is 3.54. The molecule has 0 aliphatic heterocycles. The van der Waals surface area contributed by atoms with Crippen molar-refractivity contribution in [2.75, 3.05) is 11.9 Å². The lowest BCUT2D eigenvalue weighted by atomic mass is 10.1. The Balaban J connectivity index is 1.77. The highest BCUT2D eigenvalue weighted by atomic mass is 16.5. The van der Waals surface area contributed by atoms with E-state index < -0.39 is 0 Å². The van der Waals surface area contributed by atoms with Gasteiger partial charge in [-0.2, -0.15) is 0 Å². The fourth-order valence-electron chi connectivity index (χ4n) is 2.66. The van der Waals surface area contributed by atoms with Crippen molar-refractivity contribution in [2.45, 2.75) is 46.0 Å². The summed E-state index contributed by atoms with van der Waals surface area (Å²) in [5.74, 6) is 0.402. The summed E-state index contributed by atoms with van der Waals surface area (Å²) < 4.78 is 5.63. The van der Waals surface area contributed by atoms with Crippen molar-refractivity contribution in [1.82, 2.24) is 0 Å². The minimum atomic E-state index is -0.236. The second kappa shape index (κ2) is 11.0. The van der Waals surface area contributed by atoms with Crippen LogP contribution in [-0.2, 0) is 4.79 Å². The molecule has 148 valence electrons. The van der Waals surface area contributed by atoms with Crippen LogP contribution in [0.3, 0.4) is 0 Å². The number of anilines is 1. The molecule has 5 nitrogen and oxygen atoms in total. The Morgan fingerprint density at radius 3 is 2.11 bits per heavy atom. The summed E-state index contributed by atoms with van der Waals surface area (Å²) in [7, 11) is 0. The van der Waals surface area contributed by atoms with Crippen molar-refractivity contribution >= 4 is 23.2 Å². The van der Waals surface area contributed by atoms with Crippen molar-refractivity contribution < 1.29 is 19.1 Å². The molecule has 1 N–H and O–H groups in total. The largest absolute Gasteiger partial charge is 0.494 e. The quantitative estimate of drug-likeness (QED) is 0.436. The third-order valence-electron chi connectivity index (χ3n) is 4.35. The number of benzene rings is 2. The van der Waals surface area contributed by atoms with Crippen LogP contribution in [0.4, 0.5) is 5.69 Å². The molecule has 0 heterocycles. The number of unbranched alkanes of at least 4 members (excludes halogenated alkanes) is 2. The number of carbonyl (C=O) groups excluding carboxylic acids is 3. The number of nitrogens with one attached hydrogen (secondary N) is 1. The highest BCUT2D eigenvalue weighted by Crippen LogP contribution is 2.15. The SMILES string of the molecule is CCCCCOc1ccc(C(=O)CCC(=O)Nc2ccc(C(C)=O)cc2)cc1. The Kier molecular flexibility index (Phi) is 8.40. The highest BCUT2D eigenvalue weighted by molar-refractivity contribution is 6.00. The molecule has 0 atom stereocenters. The summed E-state index contributed by atoms with van der Waals surface area (Å²) >= 11 is 0. The molecule has 2 aromatic carbocycles. The monoisotopic (exact) mass is 381 g/mol. The zero-order chi connectivity index (χ0) is 20.4. The maximum atomic E-state index is 12.3. The average Bonchev–Trinajstić information content (AvgIpc) is 2.70. The van der Waals surface area contributed by atoms with Gasteiger partial charge in [0.15, 0.2) is 11.6 Å². The molecule has 5 heteroatoms. The number of ether oxygens (including phenoxy) is 1. The predicted octanol–water partition coefficient (Wildman–Crippen LogP) is 5.06. The molecular formula is C23H27NO4. The Bertz CT molecular complexity index is 794. The molecule has 0 radical (unpaired) electrons. The van der Waals surface area contributed by atoms with Crippen LogP contribution in [0.5, 0.6) is 5.75 Å². The molecule has 0 aliphatic carbocycles. The van der Waals surface area contributed by atoms with Gasteiger partial charge in [0.1, 0.15) is 5.75 Å². The van der Waals surface area contributed by atoms with Crippen LogP contribution in [0.25, 0.3) is 0 Å². The van der Waals surface area contributed by atoms with E-state index in [9.17, 15) is 14.4 Å². The lowest BCUT2D eigenvalue weighted by Crippen LogP contribution is -2.13. The Hall–Kier alpha value is -2.95. The first kappa shape index (κ1) is 21.4. The molecule has 0 fully saturated rings. The van der Waals surface area contributed by atoms with E-state index in [0.717, 1.165) is 25.0 Å². The van der Waals surface area contributed by atoms with Crippen molar-refractivity contribution in [2.24, 2.45) is 0 Å². The summed E-state index contributed by atoms with van der Waals surface area (Å²) in [5.41, 5.74) is 1.76. The first-order chi connectivity index (χ1) is 13.5. The van der Waals surface area contributed by atoms with Crippen LogP contribution in [0.2, 0.25) is 0 Å². The normalized spacial score (nSPS) is 10.4. The van der Waals surface area contributed by atoms with Gasteiger partial charge < -0.3 is 10.1 Å². The van der Waals surface area contributed by atoms with Crippen molar-refractivity contribution in [3.05, 3.63) is 59.7 Å². The van der Waals surface area contributed by atoms with Gasteiger partial charge in [0, 0.05) is 29.7 Å². The molecule has 2 aromatic rings. The highest BCUT2D eigenvalue weighted by Gasteiger charge is 2.10. The van der Waals surface area contributed by atoms with E-state index in [2.05, 4.69) is 12.2 Å². The van der Waals surface area contributed by atoms with E-state index in [4.69, 9.17) is 4.74 Å². The number of hydrogen-bond acceptors (Lipinski definition) is 4. The Morgan fingerprint density at radius 1 is 0.857 bits per heavy atom. The molecule has 28 heavy (non-hydrogen) atoms. The van der Waals surface area contributed by atoms with E-state index in [1.165, 1.54) is 6.92 Å². The van der Waals surface area contributed by atoms with Crippen LogP contribution < -0.4 is 10.1 Å². The summed E-state index contributed by atoms with van der Waals surface area (Å²) in [5, 5.41) is 2.73. The van der Waals surface area contributed by atoms with E-state index >= 15 is 0 Å². The number of Topliss-reactive ketones (excluding diaryl/α,β-unsaturated/α-hetero) is 2. The molecular weight excluding hydrogens is 354 g/mol. The Morgan fingerprint density at radius 2 is 1.50 bits per heavy atom. The van der Waals surface area contributed by atoms with E-state index in [-0.39, 0.29) is 30.3 Å². The number of ketones is 2. The third kappa shape index (κ3) is 6.99. The van der Waals surface area contributed by atoms with Crippen molar-refractivity contribution in [1.29, 1.82) is 0 Å². The van der Waals surface area contributed by atoms with Gasteiger partial charge in [-0.15, -0.1) is 0 Å². The molecule has 0 aliphatic rings. The standard InChI is InChI=1S/C23H27NO4/c1-3-4-5-16-28-21-12-8-19(9-13-21)22(26)14-15-23(27)24-20-10-6-18(7-11-20)17(2)25/h6-13H,3-5,14-16H2,1-2H3,(H,24,27). The summed E-state index contributed by atoms with van der Waals surface area (Å²) in [4.78, 5) is 35.6. The van der Waals surface area contributed by atoms with Crippen molar-refractivity contribution in [3.8, 4) is 5.75 Å². The lowest BCUT2D eigenvalue weighted by molar-refractivity contribution is -0.116. The average molecular weight is 381 g/mol. The van der Waals surface area contributed by atoms with Gasteiger partial charge in [-0.05, 0) is 61.9 Å². The molecule has 0 saturated heterocycles. The number of carbonyl (C=O) groups is 3. The van der Waals surface area contributed by atoms with Crippen LogP contribution in [0.15, 0.2) is 48.5 Å². The van der Waals surface area contributed by atoms with Gasteiger partial charge in [0.2, 0.25) is 5.91 Å². The van der Waals surface area contributed by atoms with E-state index in [1.54, 1.807) is 48.5 Å². The number of amides is 1. The maximum absolute atomic E-state index is 12.3. The van der Waals surface area contributed by atoms with Gasteiger partial charge in [-0.1, -0.05) is 19.8 Å². The molecule has 0 aromatic heterocycles. The maximum Gasteiger partial charge on any atom is 0.224 e. The zero-order valence-corrected chi connectivity index (χ0v) is 16.5. The molecule has 2 rings (SSSR count). The minimum absolute atomic E-state index is 0.0270. The predicted molar refractivity (Wildman–Crippen MR) is 110 cm³/mol. The third-order valence-corrected chi connectivity index (χ3v) is 4.35. The second-order valence-corrected chi connectivity index (χ2v) is 6.68. The van der Waals surface area contributed by atoms with E-state index in [0.29, 0.717) is 23.4 Å². The fourth-order valence-corrected chi connectivity index (χ4v) is 2.66. The van der Waals surface area contributed by atoms with Crippen LogP contribution in [0.1, 0.15) is 66.7 Å². The minimum Gasteiger partial charge on any atom is -0.494 e. The van der Waals surface area contributed by atoms with Gasteiger partial charge in [0.05, 0.1) is 6.61 Å². The molecule has 0 bridgehead atoms. The van der Waals surface area contributed by atoms with Gasteiger partial charge in [-0.3, -0.25) is 14.4 Å². The van der Waals surface area contributed by atoms with Crippen LogP contribution in [0, 0.1) is 0 Å². The van der Waals surface area contributed by atoms with Gasteiger partial charge in [0.25, 0.3) is 0 Å². The molecule has 0 unspecified atom stereocenters. The number of rotatable bonds is 11. The topological polar surface area (TPSA) is 72.5 Å². The smallest absolute Gasteiger partial charge is 0.224 e.